The van der Waals surface area contributed by atoms with Crippen LogP contribution in [0.25, 0.3) is 22.2 Å². The molecule has 244 valence electrons. The predicted octanol–water partition coefficient (Wildman–Crippen LogP) is 2.48. The lowest BCUT2D eigenvalue weighted by Gasteiger charge is -2.37. The summed E-state index contributed by atoms with van der Waals surface area (Å²) in [5.74, 6) is -1.62. The number of benzene rings is 2. The molecule has 1 unspecified atom stereocenters. The lowest BCUT2D eigenvalue weighted by molar-refractivity contribution is -0.209. The van der Waals surface area contributed by atoms with Gasteiger partial charge in [0.05, 0.1) is 23.9 Å². The van der Waals surface area contributed by atoms with Crippen LogP contribution in [0.4, 0.5) is 8.78 Å². The highest BCUT2D eigenvalue weighted by Gasteiger charge is 2.42. The van der Waals surface area contributed by atoms with E-state index in [0.717, 1.165) is 12.0 Å². The molecule has 2 aromatic carbocycles. The van der Waals surface area contributed by atoms with E-state index in [4.69, 9.17) is 4.74 Å². The summed E-state index contributed by atoms with van der Waals surface area (Å²) in [6.45, 7) is 5.71. The maximum atomic E-state index is 14.8. The molecule has 0 spiro atoms. The molecule has 5 N–H and O–H groups in total. The van der Waals surface area contributed by atoms with E-state index in [0.29, 0.717) is 41.5 Å². The number of likely N-dealkylation sites (N-methyl/N-ethyl adjacent to an activating group) is 1. The van der Waals surface area contributed by atoms with Crippen LogP contribution in [0.1, 0.15) is 45.4 Å². The van der Waals surface area contributed by atoms with E-state index >= 15 is 0 Å². The van der Waals surface area contributed by atoms with E-state index in [9.17, 15) is 33.7 Å². The van der Waals surface area contributed by atoms with Crippen LogP contribution in [0.2, 0.25) is 0 Å². The van der Waals surface area contributed by atoms with Gasteiger partial charge >= 0.3 is 0 Å². The largest absolute Gasteiger partial charge is 0.388 e. The van der Waals surface area contributed by atoms with Crippen molar-refractivity contribution in [2.45, 2.75) is 82.7 Å². The number of nitrogens with zero attached hydrogens (tertiary/aromatic N) is 2. The number of carbonyl (C=O) groups excluding carboxylic acids is 2. The highest BCUT2D eigenvalue weighted by molar-refractivity contribution is 5.93. The number of amides is 2. The van der Waals surface area contributed by atoms with Crippen molar-refractivity contribution in [3.8, 4) is 11.3 Å². The molecule has 1 aromatic heterocycles. The lowest BCUT2D eigenvalue weighted by atomic mass is 9.96. The number of hydrogen-bond acceptors (Lipinski definition) is 7. The number of fused-ring (bicyclic) bond motifs is 1. The van der Waals surface area contributed by atoms with Gasteiger partial charge < -0.3 is 40.2 Å². The highest BCUT2D eigenvalue weighted by atomic mass is 19.1. The van der Waals surface area contributed by atoms with Crippen molar-refractivity contribution in [3.05, 3.63) is 59.7 Å². The van der Waals surface area contributed by atoms with Crippen molar-refractivity contribution >= 4 is 22.7 Å². The Balaban J connectivity index is 1.60. The van der Waals surface area contributed by atoms with E-state index in [1.165, 1.54) is 24.3 Å². The third kappa shape index (κ3) is 6.48. The first-order valence-corrected chi connectivity index (χ1v) is 15.4. The number of nitrogens with one attached hydrogen (secondary N) is 2. The number of aromatic nitrogens is 1. The molecule has 0 bridgehead atoms. The van der Waals surface area contributed by atoms with Crippen LogP contribution >= 0.6 is 0 Å². The number of carbonyl (C=O) groups is 2. The fourth-order valence-electron chi connectivity index (χ4n) is 6.44. The minimum Gasteiger partial charge on any atom is -0.388 e. The maximum Gasteiger partial charge on any atom is 0.245 e. The molecular weight excluding hydrogens is 586 g/mol. The molecule has 2 aliphatic rings. The molecule has 3 heterocycles. The van der Waals surface area contributed by atoms with Crippen LogP contribution in [-0.4, -0.2) is 93.2 Å². The fraction of sp³-hybridized carbons (Fsp3) is 0.515. The molecular formula is C33H42F2N4O6. The first-order chi connectivity index (χ1) is 21.4. The van der Waals surface area contributed by atoms with Gasteiger partial charge in [0.15, 0.2) is 6.23 Å². The zero-order chi connectivity index (χ0) is 32.6. The summed E-state index contributed by atoms with van der Waals surface area (Å²) < 4.78 is 36.3. The molecule has 45 heavy (non-hydrogen) atoms. The smallest absolute Gasteiger partial charge is 0.245 e. The van der Waals surface area contributed by atoms with E-state index < -0.39 is 48.3 Å². The van der Waals surface area contributed by atoms with Crippen LogP contribution in [0, 0.1) is 17.6 Å². The second-order valence-corrected chi connectivity index (χ2v) is 12.4. The molecule has 0 radical (unpaired) electrons. The topological polar surface area (TPSA) is 136 Å². The maximum absolute atomic E-state index is 14.8. The molecule has 7 atom stereocenters. The second-order valence-electron chi connectivity index (χ2n) is 12.4. The van der Waals surface area contributed by atoms with Gasteiger partial charge in [-0.25, -0.2) is 8.78 Å². The van der Waals surface area contributed by atoms with Crippen molar-refractivity contribution in [2.75, 3.05) is 20.2 Å². The van der Waals surface area contributed by atoms with E-state index in [1.807, 2.05) is 13.8 Å². The van der Waals surface area contributed by atoms with Crippen molar-refractivity contribution in [3.63, 3.8) is 0 Å². The van der Waals surface area contributed by atoms with Gasteiger partial charge in [-0.3, -0.25) is 9.59 Å². The number of halogens is 2. The first kappa shape index (κ1) is 33.0. The van der Waals surface area contributed by atoms with Crippen LogP contribution in [-0.2, 0) is 20.7 Å². The zero-order valence-electron chi connectivity index (χ0n) is 25.9. The van der Waals surface area contributed by atoms with Crippen molar-refractivity contribution in [2.24, 2.45) is 5.92 Å². The summed E-state index contributed by atoms with van der Waals surface area (Å²) in [5, 5.41) is 38.2. The minimum absolute atomic E-state index is 0.168. The molecule has 2 saturated heterocycles. The Kier molecular flexibility index (Phi) is 9.90. The number of aliphatic hydroxyl groups is 3. The number of likely N-dealkylation sites (tertiary alicyclic amines) is 1. The van der Waals surface area contributed by atoms with Gasteiger partial charge in [0.1, 0.15) is 36.0 Å². The molecule has 2 fully saturated rings. The van der Waals surface area contributed by atoms with Gasteiger partial charge in [0.25, 0.3) is 0 Å². The molecule has 2 aliphatic heterocycles. The summed E-state index contributed by atoms with van der Waals surface area (Å²) in [4.78, 5) is 28.5. The summed E-state index contributed by atoms with van der Waals surface area (Å²) in [6, 6.07) is 8.52. The zero-order valence-corrected chi connectivity index (χ0v) is 25.9. The van der Waals surface area contributed by atoms with E-state index in [1.54, 1.807) is 41.6 Å². The van der Waals surface area contributed by atoms with Gasteiger partial charge in [-0.1, -0.05) is 13.8 Å². The van der Waals surface area contributed by atoms with Crippen LogP contribution in [0.15, 0.2) is 42.5 Å². The summed E-state index contributed by atoms with van der Waals surface area (Å²) in [5.41, 5.74) is 2.18. The van der Waals surface area contributed by atoms with Gasteiger partial charge in [-0.2, -0.15) is 0 Å². The molecule has 2 amide bonds. The molecule has 5 rings (SSSR count). The average Bonchev–Trinajstić information content (AvgIpc) is 3.60. The molecule has 0 saturated carbocycles. The molecule has 0 aliphatic carbocycles. The monoisotopic (exact) mass is 628 g/mol. The number of aliphatic hydroxyl groups excluding tert-OH is 3. The SMILES string of the molecule is CN[C@@H](C)C(=O)N[C@H](C(=O)N1CCC[C@H]1Cc1c(-c2ccc(F)cc2)n(C2OC[C@@H](O)[C@H](O)[C@H]2O)c2cc(F)ccc12)C(C)C. The van der Waals surface area contributed by atoms with E-state index in [2.05, 4.69) is 10.6 Å². The quantitative estimate of drug-likeness (QED) is 0.246. The molecule has 3 aromatic rings. The van der Waals surface area contributed by atoms with E-state index in [-0.39, 0.29) is 30.4 Å². The Morgan fingerprint density at radius 2 is 1.71 bits per heavy atom. The highest BCUT2D eigenvalue weighted by Crippen LogP contribution is 2.41. The number of ether oxygens (including phenoxy) is 1. The summed E-state index contributed by atoms with van der Waals surface area (Å²) in [6.07, 6.45) is -3.81. The Morgan fingerprint density at radius 3 is 2.38 bits per heavy atom. The number of hydrogen-bond donors (Lipinski definition) is 5. The number of rotatable bonds is 9. The van der Waals surface area contributed by atoms with Crippen molar-refractivity contribution in [1.82, 2.24) is 20.1 Å². The third-order valence-corrected chi connectivity index (χ3v) is 9.07. The van der Waals surface area contributed by atoms with Crippen LogP contribution < -0.4 is 10.6 Å². The Bertz CT molecular complexity index is 1530. The fourth-order valence-corrected chi connectivity index (χ4v) is 6.44. The van der Waals surface area contributed by atoms with Gasteiger partial charge in [-0.15, -0.1) is 0 Å². The second kappa shape index (κ2) is 13.5. The third-order valence-electron chi connectivity index (χ3n) is 9.07. The predicted molar refractivity (Wildman–Crippen MR) is 164 cm³/mol. The van der Waals surface area contributed by atoms with Gasteiger partial charge in [0, 0.05) is 18.0 Å². The van der Waals surface area contributed by atoms with Crippen molar-refractivity contribution < 1.29 is 38.4 Å². The Labute approximate surface area is 261 Å². The van der Waals surface area contributed by atoms with Gasteiger partial charge in [0.2, 0.25) is 11.8 Å². The molecule has 12 heteroatoms. The van der Waals surface area contributed by atoms with Crippen LogP contribution in [0.5, 0.6) is 0 Å². The normalized spacial score (nSPS) is 25.1. The average molecular weight is 629 g/mol. The Hall–Kier alpha value is -3.42. The first-order valence-electron chi connectivity index (χ1n) is 15.4. The van der Waals surface area contributed by atoms with Crippen LogP contribution in [0.3, 0.4) is 0 Å². The van der Waals surface area contributed by atoms with Gasteiger partial charge in [-0.05, 0) is 92.7 Å². The molecule has 10 nitrogen and oxygen atoms in total. The summed E-state index contributed by atoms with van der Waals surface area (Å²) in [7, 11) is 1.67. The standard InChI is InChI=1S/C33H42F2N4O6/c1-17(2)27(37-31(43)18(3)36-4)32(44)38-13-5-6-22(38)15-24-23-12-11-21(35)14-25(23)39(28(24)19-7-9-20(34)10-8-19)33-30(42)29(41)26(40)16-45-33/h7-12,14,17-18,22,26-27,29-30,33,36,40-42H,5-6,13,15-16H2,1-4H3,(H,37,43)/t18-,22-,26+,27-,29-,30+,33?/m0/s1. The Morgan fingerprint density at radius 1 is 1.02 bits per heavy atom. The summed E-state index contributed by atoms with van der Waals surface area (Å²) >= 11 is 0. The minimum atomic E-state index is -1.56. The lowest BCUT2D eigenvalue weighted by Crippen LogP contribution is -2.55. The van der Waals surface area contributed by atoms with Crippen molar-refractivity contribution in [1.29, 1.82) is 0 Å².